The molecular weight excluding hydrogens is 740 g/mol. The van der Waals surface area contributed by atoms with Gasteiger partial charge in [-0.25, -0.2) is 22.4 Å². The quantitative estimate of drug-likeness (QED) is 0.134. The van der Waals surface area contributed by atoms with Crippen molar-refractivity contribution in [2.45, 2.75) is 101 Å². The topological polar surface area (TPSA) is 215 Å². The van der Waals surface area contributed by atoms with E-state index in [2.05, 4.69) is 16.6 Å². The molecule has 18 heteroatoms. The summed E-state index contributed by atoms with van der Waals surface area (Å²) in [5.41, 5.74) is 5.77. The van der Waals surface area contributed by atoms with Gasteiger partial charge in [-0.3, -0.25) is 28.8 Å². The van der Waals surface area contributed by atoms with E-state index in [1.165, 1.54) is 15.9 Å². The van der Waals surface area contributed by atoms with E-state index < -0.39 is 86.6 Å². The zero-order valence-corrected chi connectivity index (χ0v) is 32.0. The van der Waals surface area contributed by atoms with Gasteiger partial charge in [0.2, 0.25) is 33.7 Å². The average molecular weight is 789 g/mol. The molecule has 5 unspecified atom stereocenters. The number of primary amides is 1. The van der Waals surface area contributed by atoms with Crippen LogP contribution in [0.2, 0.25) is 0 Å². The summed E-state index contributed by atoms with van der Waals surface area (Å²) in [6.45, 7) is 8.11. The number of unbranched alkanes of at least 4 members (excludes halogenated alkanes) is 1. The normalized spacial score (nSPS) is 22.4. The number of alkyl carbamates (subject to hydrolysis) is 1. The predicted octanol–water partition coefficient (Wildman–Crippen LogP) is 2.22. The maximum atomic E-state index is 14.3. The molecule has 300 valence electrons. The first-order valence-electron chi connectivity index (χ1n) is 18.3. The third kappa shape index (κ3) is 10.8. The number of carbonyl (C=O) groups excluding carboxylic acids is 6. The van der Waals surface area contributed by atoms with Gasteiger partial charge in [0.15, 0.2) is 0 Å². The Balaban J connectivity index is 1.21. The van der Waals surface area contributed by atoms with E-state index in [0.717, 1.165) is 11.0 Å². The predicted molar refractivity (Wildman–Crippen MR) is 195 cm³/mol. The Morgan fingerprint density at radius 1 is 1.13 bits per heavy atom. The Morgan fingerprint density at radius 3 is 2.49 bits per heavy atom. The monoisotopic (exact) mass is 788 g/mol. The molecule has 2 saturated carbocycles. The molecule has 1 aromatic rings. The van der Waals surface area contributed by atoms with E-state index in [4.69, 9.17) is 15.2 Å². The van der Waals surface area contributed by atoms with Crippen LogP contribution in [0.15, 0.2) is 43.0 Å². The number of amides is 6. The highest BCUT2D eigenvalue weighted by atomic mass is 32.2. The number of nitrogens with one attached hydrogen (secondary N) is 2. The van der Waals surface area contributed by atoms with Crippen LogP contribution < -0.4 is 15.8 Å². The van der Waals surface area contributed by atoms with Gasteiger partial charge in [0.05, 0.1) is 24.9 Å². The Hall–Kier alpha value is -5.00. The first-order valence-corrected chi connectivity index (χ1v) is 19.9. The Bertz CT molecular complexity index is 1840. The zero-order valence-electron chi connectivity index (χ0n) is 31.2. The second kappa shape index (κ2) is 16.8. The number of rotatable bonds is 15. The maximum Gasteiger partial charge on any atom is 0.410 e. The second-order valence-electron chi connectivity index (χ2n) is 15.4. The molecule has 0 bridgehead atoms. The minimum atomic E-state index is -3.62. The molecule has 3 fully saturated rings. The van der Waals surface area contributed by atoms with Gasteiger partial charge in [-0.2, -0.15) is 0 Å². The fourth-order valence-electron chi connectivity index (χ4n) is 6.68. The molecule has 2 aliphatic carbocycles. The van der Waals surface area contributed by atoms with Crippen molar-refractivity contribution in [3.8, 4) is 0 Å². The molecule has 2 heterocycles. The van der Waals surface area contributed by atoms with Crippen LogP contribution >= 0.6 is 0 Å². The molecule has 1 saturated heterocycles. The molecule has 5 rings (SSSR count). The Labute approximate surface area is 319 Å². The standard InChI is InChI=1S/C37H49FN6O10S/c1-5-31(45)42(15-8-6-7-10-22-16-26(22)33(47)41-55(51,52)25-13-14-25)21-29(40-35(49)54-37(2,3)4)34(48)44-19-24(17-30(44)32(39)46)53-36(50)43-18-23-11-9-12-28(38)27(23)20-43/h5,7,9-12,22,24-26,29-30H,1,6,8,13-21H2,2-4H3,(H2,39,46)(H,40,49)(H,41,47). The number of hydrogen-bond donors (Lipinski definition) is 3. The summed E-state index contributed by atoms with van der Waals surface area (Å²) >= 11 is 0. The minimum absolute atomic E-state index is 0.00861. The Kier molecular flexibility index (Phi) is 12.6. The van der Waals surface area contributed by atoms with E-state index in [9.17, 15) is 41.6 Å². The number of carbonyl (C=O) groups is 6. The molecule has 55 heavy (non-hydrogen) atoms. The number of ether oxygens (including phenoxy) is 2. The summed E-state index contributed by atoms with van der Waals surface area (Å²) < 4.78 is 51.7. The van der Waals surface area contributed by atoms with Crippen molar-refractivity contribution < 1.29 is 51.0 Å². The summed E-state index contributed by atoms with van der Waals surface area (Å²) in [7, 11) is -3.62. The molecule has 16 nitrogen and oxygen atoms in total. The van der Waals surface area contributed by atoms with Gasteiger partial charge in [-0.05, 0) is 76.5 Å². The van der Waals surface area contributed by atoms with Gasteiger partial charge in [0.25, 0.3) is 0 Å². The van der Waals surface area contributed by atoms with Crippen molar-refractivity contribution in [1.82, 2.24) is 24.7 Å². The zero-order chi connectivity index (χ0) is 40.2. The van der Waals surface area contributed by atoms with Crippen LogP contribution in [-0.4, -0.2) is 108 Å². The number of likely N-dealkylation sites (tertiary alicyclic amines) is 1. The van der Waals surface area contributed by atoms with E-state index in [1.807, 2.05) is 12.2 Å². The van der Waals surface area contributed by atoms with Crippen molar-refractivity contribution in [2.75, 3.05) is 19.6 Å². The van der Waals surface area contributed by atoms with Crippen molar-refractivity contribution in [3.05, 3.63) is 60.0 Å². The van der Waals surface area contributed by atoms with Crippen molar-refractivity contribution in [2.24, 2.45) is 17.6 Å². The lowest BCUT2D eigenvalue weighted by Gasteiger charge is -2.32. The third-order valence-electron chi connectivity index (χ3n) is 9.77. The van der Waals surface area contributed by atoms with Crippen molar-refractivity contribution in [1.29, 1.82) is 0 Å². The summed E-state index contributed by atoms with van der Waals surface area (Å²) in [6, 6.07) is 1.93. The minimum Gasteiger partial charge on any atom is -0.444 e. The van der Waals surface area contributed by atoms with Gasteiger partial charge in [-0.1, -0.05) is 30.9 Å². The third-order valence-corrected chi connectivity index (χ3v) is 11.6. The molecule has 0 radical (unpaired) electrons. The molecule has 0 spiro atoms. The van der Waals surface area contributed by atoms with Gasteiger partial charge in [0.1, 0.15) is 29.6 Å². The molecule has 2 aliphatic heterocycles. The van der Waals surface area contributed by atoms with Crippen LogP contribution in [0, 0.1) is 17.7 Å². The summed E-state index contributed by atoms with van der Waals surface area (Å²) in [5.74, 6) is -3.65. The lowest BCUT2D eigenvalue weighted by Crippen LogP contribution is -2.57. The number of fused-ring (bicyclic) bond motifs is 1. The van der Waals surface area contributed by atoms with E-state index in [-0.39, 0.29) is 45.1 Å². The van der Waals surface area contributed by atoms with Crippen LogP contribution in [0.4, 0.5) is 14.0 Å². The average Bonchev–Trinajstić information content (AvgIpc) is 4.02. The van der Waals surface area contributed by atoms with Gasteiger partial charge < -0.3 is 30.3 Å². The largest absolute Gasteiger partial charge is 0.444 e. The van der Waals surface area contributed by atoms with Crippen LogP contribution in [0.1, 0.15) is 70.4 Å². The van der Waals surface area contributed by atoms with E-state index in [0.29, 0.717) is 43.2 Å². The van der Waals surface area contributed by atoms with Crippen LogP contribution in [0.5, 0.6) is 0 Å². The molecule has 0 aromatic heterocycles. The number of halogens is 1. The maximum absolute atomic E-state index is 14.3. The molecule has 6 amide bonds. The first kappa shape index (κ1) is 41.2. The Morgan fingerprint density at radius 2 is 1.85 bits per heavy atom. The number of allylic oxidation sites excluding steroid dienone is 2. The molecule has 4 aliphatic rings. The molecule has 5 atom stereocenters. The van der Waals surface area contributed by atoms with Crippen molar-refractivity contribution >= 4 is 45.8 Å². The van der Waals surface area contributed by atoms with E-state index >= 15 is 0 Å². The highest BCUT2D eigenvalue weighted by Crippen LogP contribution is 2.40. The number of benzene rings is 1. The van der Waals surface area contributed by atoms with Gasteiger partial charge in [-0.15, -0.1) is 0 Å². The summed E-state index contributed by atoms with van der Waals surface area (Å²) in [6.07, 6.45) is 4.47. The number of sulfonamides is 1. The lowest BCUT2D eigenvalue weighted by atomic mass is 10.1. The molecule has 4 N–H and O–H groups in total. The van der Waals surface area contributed by atoms with E-state index in [1.54, 1.807) is 32.9 Å². The first-order chi connectivity index (χ1) is 25.9. The SMILES string of the molecule is C=CC(=O)N(CCCC=CC1CC1C(=O)NS(=O)(=O)C1CC1)CC(NC(=O)OC(C)(C)C)C(=O)N1CC(OC(=O)N2Cc3cccc(F)c3C2)CC1C(N)=O. The number of hydrogen-bond acceptors (Lipinski definition) is 10. The number of nitrogens with zero attached hydrogens (tertiary/aromatic N) is 3. The second-order valence-corrected chi connectivity index (χ2v) is 17.3. The highest BCUT2D eigenvalue weighted by molar-refractivity contribution is 7.90. The lowest BCUT2D eigenvalue weighted by molar-refractivity contribution is -0.140. The van der Waals surface area contributed by atoms with Crippen molar-refractivity contribution in [3.63, 3.8) is 0 Å². The van der Waals surface area contributed by atoms with Crippen LogP contribution in [-0.2, 0) is 51.8 Å². The van der Waals surface area contributed by atoms with Gasteiger partial charge in [0, 0.05) is 31.0 Å². The fraction of sp³-hybridized carbons (Fsp3) is 0.568. The van der Waals surface area contributed by atoms with Crippen LogP contribution in [0.3, 0.4) is 0 Å². The molecular formula is C37H49FN6O10S. The van der Waals surface area contributed by atoms with Gasteiger partial charge >= 0.3 is 12.2 Å². The summed E-state index contributed by atoms with van der Waals surface area (Å²) in [4.78, 5) is 81.9. The summed E-state index contributed by atoms with van der Waals surface area (Å²) in [5, 5.41) is 2.03. The smallest absolute Gasteiger partial charge is 0.410 e. The fourth-order valence-corrected chi connectivity index (χ4v) is 8.03. The number of nitrogens with two attached hydrogens (primary N) is 1. The highest BCUT2D eigenvalue weighted by Gasteiger charge is 2.46. The molecule has 1 aromatic carbocycles. The van der Waals surface area contributed by atoms with Crippen LogP contribution in [0.25, 0.3) is 0 Å².